The van der Waals surface area contributed by atoms with Crippen molar-refractivity contribution >= 4 is 19.2 Å². The molecule has 0 amide bonds. The van der Waals surface area contributed by atoms with E-state index in [2.05, 4.69) is 61.5 Å². The molecule has 24 heavy (non-hydrogen) atoms. The van der Waals surface area contributed by atoms with Gasteiger partial charge in [0.1, 0.15) is 5.75 Å². The number of rotatable bonds is 12. The third-order valence-electron chi connectivity index (χ3n) is 4.18. The normalized spacial score (nSPS) is 11.2. The van der Waals surface area contributed by atoms with Gasteiger partial charge in [0.2, 0.25) is 0 Å². The lowest BCUT2D eigenvalue weighted by molar-refractivity contribution is 0.304. The first-order valence-electron chi connectivity index (χ1n) is 9.43. The van der Waals surface area contributed by atoms with Gasteiger partial charge in [-0.3, -0.25) is 0 Å². The quantitative estimate of drug-likeness (QED) is 0.348. The molecule has 0 fully saturated rings. The predicted octanol–water partition coefficient (Wildman–Crippen LogP) is 5.84. The first kappa shape index (κ1) is 19.0. The molecule has 0 radical (unpaired) electrons. The van der Waals surface area contributed by atoms with Gasteiger partial charge < -0.3 is 4.74 Å². The summed E-state index contributed by atoms with van der Waals surface area (Å²) >= 11 is 0. The molecule has 1 atom stereocenters. The van der Waals surface area contributed by atoms with Crippen molar-refractivity contribution in [1.82, 2.24) is 0 Å². The summed E-state index contributed by atoms with van der Waals surface area (Å²) in [5, 5.41) is 2.74. The topological polar surface area (TPSA) is 9.23 Å². The van der Waals surface area contributed by atoms with Crippen LogP contribution in [0, 0.1) is 0 Å². The van der Waals surface area contributed by atoms with E-state index in [1.807, 2.05) is 0 Å². The Morgan fingerprint density at radius 1 is 0.667 bits per heavy atom. The second-order valence-corrected chi connectivity index (χ2v) is 7.74. The van der Waals surface area contributed by atoms with E-state index in [-0.39, 0.29) is 0 Å². The minimum atomic E-state index is 0.719. The second kappa shape index (κ2) is 12.1. The third-order valence-corrected chi connectivity index (χ3v) is 5.43. The molecular formula is C22H31OP. The summed E-state index contributed by atoms with van der Waals surface area (Å²) in [7, 11) is 0.719. The lowest BCUT2D eigenvalue weighted by Gasteiger charge is -2.08. The Balaban J connectivity index is 1.57. The number of ether oxygens (including phenoxy) is 1. The van der Waals surface area contributed by atoms with Crippen LogP contribution in [0.5, 0.6) is 5.75 Å². The minimum absolute atomic E-state index is 0.719. The summed E-state index contributed by atoms with van der Waals surface area (Å²) < 4.78 is 5.86. The van der Waals surface area contributed by atoms with Gasteiger partial charge in [-0.1, -0.05) is 103 Å². The Hall–Kier alpha value is -1.33. The Kier molecular flexibility index (Phi) is 9.57. The van der Waals surface area contributed by atoms with Gasteiger partial charge in [-0.2, -0.15) is 0 Å². The standard InChI is InChI=1S/C22H31OP/c1-2-3-4-5-6-7-8-12-19-23-20-15-17-22(18-16-20)24-21-13-10-9-11-14-21/h9-11,13-18,24H,2-8,12,19H2,1H3. The first-order valence-corrected chi connectivity index (χ1v) is 10.4. The van der Waals surface area contributed by atoms with Gasteiger partial charge in [-0.05, 0) is 29.2 Å². The SMILES string of the molecule is CCCCCCCCCCOc1ccc(Pc2ccccc2)cc1. The molecule has 0 spiro atoms. The molecule has 0 aliphatic carbocycles. The third kappa shape index (κ3) is 7.97. The number of hydrogen-bond donors (Lipinski definition) is 0. The van der Waals surface area contributed by atoms with Gasteiger partial charge in [-0.15, -0.1) is 0 Å². The van der Waals surface area contributed by atoms with Crippen LogP contribution in [-0.2, 0) is 0 Å². The number of benzene rings is 2. The average Bonchev–Trinajstić information content (AvgIpc) is 2.62. The molecule has 0 heterocycles. The van der Waals surface area contributed by atoms with Gasteiger partial charge in [0.15, 0.2) is 0 Å². The minimum Gasteiger partial charge on any atom is -0.494 e. The first-order chi connectivity index (χ1) is 11.9. The van der Waals surface area contributed by atoms with Crippen molar-refractivity contribution in [3.05, 3.63) is 54.6 Å². The second-order valence-electron chi connectivity index (χ2n) is 6.34. The fourth-order valence-electron chi connectivity index (χ4n) is 2.75. The molecule has 130 valence electrons. The summed E-state index contributed by atoms with van der Waals surface area (Å²) in [6.07, 6.45) is 10.7. The Morgan fingerprint density at radius 2 is 1.25 bits per heavy atom. The van der Waals surface area contributed by atoms with E-state index in [0.29, 0.717) is 0 Å². The summed E-state index contributed by atoms with van der Waals surface area (Å²) in [5.41, 5.74) is 0. The highest BCUT2D eigenvalue weighted by molar-refractivity contribution is 7.55. The van der Waals surface area contributed by atoms with Crippen LogP contribution in [0.1, 0.15) is 58.3 Å². The molecule has 1 unspecified atom stereocenters. The molecule has 2 rings (SSSR count). The molecule has 0 bridgehead atoms. The van der Waals surface area contributed by atoms with Gasteiger partial charge in [0.25, 0.3) is 0 Å². The molecule has 2 aromatic rings. The predicted molar refractivity (Wildman–Crippen MR) is 109 cm³/mol. The summed E-state index contributed by atoms with van der Waals surface area (Å²) in [5.74, 6) is 1.000. The molecule has 0 aliphatic rings. The van der Waals surface area contributed by atoms with Crippen LogP contribution >= 0.6 is 8.58 Å². The molecule has 0 aliphatic heterocycles. The van der Waals surface area contributed by atoms with Crippen LogP contribution in [0.3, 0.4) is 0 Å². The average molecular weight is 342 g/mol. The van der Waals surface area contributed by atoms with Crippen LogP contribution in [0.2, 0.25) is 0 Å². The largest absolute Gasteiger partial charge is 0.494 e. The van der Waals surface area contributed by atoms with Crippen LogP contribution in [0.4, 0.5) is 0 Å². The maximum Gasteiger partial charge on any atom is 0.119 e. The molecule has 0 aromatic heterocycles. The molecule has 1 nitrogen and oxygen atoms in total. The van der Waals surface area contributed by atoms with Crippen molar-refractivity contribution in [2.75, 3.05) is 6.61 Å². The van der Waals surface area contributed by atoms with Crippen LogP contribution in [0.15, 0.2) is 54.6 Å². The van der Waals surface area contributed by atoms with E-state index in [4.69, 9.17) is 4.74 Å². The van der Waals surface area contributed by atoms with Gasteiger partial charge in [-0.25, -0.2) is 0 Å². The fraction of sp³-hybridized carbons (Fsp3) is 0.455. The summed E-state index contributed by atoms with van der Waals surface area (Å²) in [4.78, 5) is 0. The van der Waals surface area contributed by atoms with Crippen molar-refractivity contribution < 1.29 is 4.74 Å². The summed E-state index contributed by atoms with van der Waals surface area (Å²) in [6.45, 7) is 3.11. The molecular weight excluding hydrogens is 311 g/mol. The van der Waals surface area contributed by atoms with Crippen LogP contribution in [0.25, 0.3) is 0 Å². The maximum absolute atomic E-state index is 5.86. The van der Waals surface area contributed by atoms with Crippen molar-refractivity contribution in [3.8, 4) is 5.75 Å². The van der Waals surface area contributed by atoms with E-state index < -0.39 is 0 Å². The van der Waals surface area contributed by atoms with Gasteiger partial charge in [0, 0.05) is 0 Å². The van der Waals surface area contributed by atoms with Crippen molar-refractivity contribution in [3.63, 3.8) is 0 Å². The highest BCUT2D eigenvalue weighted by atomic mass is 31.1. The lowest BCUT2D eigenvalue weighted by Crippen LogP contribution is -2.03. The monoisotopic (exact) mass is 342 g/mol. The Morgan fingerprint density at radius 3 is 1.92 bits per heavy atom. The van der Waals surface area contributed by atoms with E-state index in [9.17, 15) is 0 Å². The van der Waals surface area contributed by atoms with Crippen LogP contribution < -0.4 is 15.3 Å². The fourth-order valence-corrected chi connectivity index (χ4v) is 3.77. The van der Waals surface area contributed by atoms with E-state index >= 15 is 0 Å². The molecule has 0 N–H and O–H groups in total. The maximum atomic E-state index is 5.86. The van der Waals surface area contributed by atoms with Crippen molar-refractivity contribution in [1.29, 1.82) is 0 Å². The Labute approximate surface area is 149 Å². The zero-order valence-corrected chi connectivity index (χ0v) is 16.0. The Bertz CT molecular complexity index is 536. The van der Waals surface area contributed by atoms with E-state index in [0.717, 1.165) is 20.9 Å². The number of unbranched alkanes of at least 4 members (excludes halogenated alkanes) is 7. The van der Waals surface area contributed by atoms with E-state index in [1.165, 1.54) is 62.0 Å². The molecule has 2 aromatic carbocycles. The summed E-state index contributed by atoms with van der Waals surface area (Å²) in [6, 6.07) is 19.2. The molecule has 0 saturated heterocycles. The zero-order chi connectivity index (χ0) is 16.9. The number of hydrogen-bond acceptors (Lipinski definition) is 1. The molecule has 0 saturated carbocycles. The van der Waals surface area contributed by atoms with E-state index in [1.54, 1.807) is 0 Å². The highest BCUT2D eigenvalue weighted by Crippen LogP contribution is 2.15. The van der Waals surface area contributed by atoms with Crippen LogP contribution in [-0.4, -0.2) is 6.61 Å². The van der Waals surface area contributed by atoms with Crippen molar-refractivity contribution in [2.45, 2.75) is 58.3 Å². The zero-order valence-electron chi connectivity index (χ0n) is 15.0. The highest BCUT2D eigenvalue weighted by Gasteiger charge is 1.98. The molecule has 2 heteroatoms. The smallest absolute Gasteiger partial charge is 0.119 e. The van der Waals surface area contributed by atoms with Gasteiger partial charge >= 0.3 is 0 Å². The van der Waals surface area contributed by atoms with Crippen molar-refractivity contribution in [2.24, 2.45) is 0 Å². The lowest BCUT2D eigenvalue weighted by atomic mass is 10.1. The van der Waals surface area contributed by atoms with Gasteiger partial charge in [0.05, 0.1) is 6.61 Å².